The summed E-state index contributed by atoms with van der Waals surface area (Å²) in [5.74, 6) is 4.56. The number of rotatable bonds is 1. The summed E-state index contributed by atoms with van der Waals surface area (Å²) in [4.78, 5) is 14.8. The van der Waals surface area contributed by atoms with Gasteiger partial charge in [0.25, 0.3) is 5.91 Å². The summed E-state index contributed by atoms with van der Waals surface area (Å²) in [7, 11) is 0. The maximum Gasteiger partial charge on any atom is 0.266 e. The quantitative estimate of drug-likeness (QED) is 0.292. The van der Waals surface area contributed by atoms with Gasteiger partial charge in [-0.2, -0.15) is 0 Å². The minimum Gasteiger partial charge on any atom is -0.290 e. The van der Waals surface area contributed by atoms with E-state index in [1.165, 1.54) is 6.20 Å². The average Bonchev–Trinajstić information content (AvgIpc) is 2.08. The number of hydrazine groups is 1. The van der Waals surface area contributed by atoms with Gasteiger partial charge in [-0.25, -0.2) is 10.8 Å². The summed E-state index contributed by atoms with van der Waals surface area (Å²) in [5, 5.41) is 0.392. The van der Waals surface area contributed by atoms with Gasteiger partial charge in [-0.1, -0.05) is 11.6 Å². The molecule has 0 fully saturated rings. The van der Waals surface area contributed by atoms with Gasteiger partial charge in [-0.3, -0.25) is 10.2 Å². The molecule has 0 saturated carbocycles. The third kappa shape index (κ3) is 1.72. The summed E-state index contributed by atoms with van der Waals surface area (Å²) < 4.78 is 0. The molecule has 0 bridgehead atoms. The van der Waals surface area contributed by atoms with Crippen LogP contribution in [0.1, 0.15) is 15.9 Å². The smallest absolute Gasteiger partial charge is 0.266 e. The van der Waals surface area contributed by atoms with Crippen LogP contribution in [0.15, 0.2) is 12.3 Å². The second kappa shape index (κ2) is 3.51. The molecule has 1 aromatic heterocycles. The molecular formula is C7H8ClN3O. The third-order valence-electron chi connectivity index (χ3n) is 1.41. The molecule has 3 N–H and O–H groups in total. The first-order chi connectivity index (χ1) is 5.65. The van der Waals surface area contributed by atoms with E-state index >= 15 is 0 Å². The zero-order valence-corrected chi connectivity index (χ0v) is 7.22. The van der Waals surface area contributed by atoms with Crippen LogP contribution in [0.25, 0.3) is 0 Å². The van der Waals surface area contributed by atoms with Crippen molar-refractivity contribution in [3.05, 3.63) is 28.5 Å². The van der Waals surface area contributed by atoms with Crippen LogP contribution in [0.4, 0.5) is 0 Å². The number of nitrogens with zero attached hydrogens (tertiary/aromatic N) is 1. The molecule has 12 heavy (non-hydrogen) atoms. The molecule has 0 unspecified atom stereocenters. The minimum atomic E-state index is -0.373. The number of nitrogens with one attached hydrogen (secondary N) is 1. The van der Waals surface area contributed by atoms with Gasteiger partial charge in [0.1, 0.15) is 5.15 Å². The normalized spacial score (nSPS) is 9.58. The fraction of sp³-hybridized carbons (Fsp3) is 0.143. The van der Waals surface area contributed by atoms with E-state index in [0.29, 0.717) is 10.7 Å². The van der Waals surface area contributed by atoms with Crippen LogP contribution in [-0.4, -0.2) is 10.9 Å². The number of amides is 1. The molecule has 0 aromatic carbocycles. The molecule has 1 aromatic rings. The maximum absolute atomic E-state index is 11.0. The Bertz CT molecular complexity index is 314. The molecule has 0 atom stereocenters. The Labute approximate surface area is 74.7 Å². The highest BCUT2D eigenvalue weighted by molar-refractivity contribution is 6.30. The van der Waals surface area contributed by atoms with Gasteiger partial charge in [0.05, 0.1) is 5.56 Å². The topological polar surface area (TPSA) is 68.0 Å². The first kappa shape index (κ1) is 8.96. The lowest BCUT2D eigenvalue weighted by Crippen LogP contribution is -2.30. The zero-order chi connectivity index (χ0) is 9.14. The van der Waals surface area contributed by atoms with Crippen molar-refractivity contribution in [3.63, 3.8) is 0 Å². The van der Waals surface area contributed by atoms with E-state index in [2.05, 4.69) is 4.98 Å². The van der Waals surface area contributed by atoms with E-state index in [9.17, 15) is 4.79 Å². The molecule has 0 saturated heterocycles. The van der Waals surface area contributed by atoms with Gasteiger partial charge < -0.3 is 0 Å². The standard InChI is InChI=1S/C7H8ClN3O/c1-4-2-5(7(12)11-9)3-10-6(4)8/h2-3H,9H2,1H3,(H,11,12). The molecule has 0 spiro atoms. The van der Waals surface area contributed by atoms with Crippen LogP contribution in [0, 0.1) is 6.92 Å². The van der Waals surface area contributed by atoms with Crippen molar-refractivity contribution >= 4 is 17.5 Å². The lowest BCUT2D eigenvalue weighted by Gasteiger charge is -2.00. The first-order valence-electron chi connectivity index (χ1n) is 3.28. The Morgan fingerprint density at radius 1 is 1.75 bits per heavy atom. The molecule has 0 aliphatic heterocycles. The maximum atomic E-state index is 11.0. The van der Waals surface area contributed by atoms with E-state index in [1.807, 2.05) is 5.43 Å². The van der Waals surface area contributed by atoms with Gasteiger partial charge >= 0.3 is 0 Å². The number of carbonyl (C=O) groups excluding carboxylic acids is 1. The molecule has 4 nitrogen and oxygen atoms in total. The lowest BCUT2D eigenvalue weighted by atomic mass is 10.2. The van der Waals surface area contributed by atoms with Crippen LogP contribution in [-0.2, 0) is 0 Å². The summed E-state index contributed by atoms with van der Waals surface area (Å²) >= 11 is 5.65. The fourth-order valence-corrected chi connectivity index (χ4v) is 0.869. The summed E-state index contributed by atoms with van der Waals surface area (Å²) in [6, 6.07) is 1.62. The van der Waals surface area contributed by atoms with Crippen LogP contribution >= 0.6 is 11.6 Å². The first-order valence-corrected chi connectivity index (χ1v) is 3.66. The number of aromatic nitrogens is 1. The predicted molar refractivity (Wildman–Crippen MR) is 45.6 cm³/mol. The largest absolute Gasteiger partial charge is 0.290 e. The predicted octanol–water partition coefficient (Wildman–Crippen LogP) is 0.647. The second-order valence-electron chi connectivity index (χ2n) is 2.31. The molecule has 0 aliphatic carbocycles. The third-order valence-corrected chi connectivity index (χ3v) is 1.80. The SMILES string of the molecule is Cc1cc(C(=O)NN)cnc1Cl. The molecule has 64 valence electrons. The van der Waals surface area contributed by atoms with Gasteiger partial charge in [-0.05, 0) is 18.6 Å². The minimum absolute atomic E-state index is 0.373. The Hall–Kier alpha value is -1.13. The molecule has 1 rings (SSSR count). The summed E-state index contributed by atoms with van der Waals surface area (Å²) in [5.41, 5.74) is 3.16. The lowest BCUT2D eigenvalue weighted by molar-refractivity contribution is 0.0953. The monoisotopic (exact) mass is 185 g/mol. The Balaban J connectivity index is 3.05. The van der Waals surface area contributed by atoms with Crippen molar-refractivity contribution < 1.29 is 4.79 Å². The number of halogens is 1. The Morgan fingerprint density at radius 3 is 2.92 bits per heavy atom. The molecule has 0 aliphatic rings. The van der Waals surface area contributed by atoms with E-state index in [4.69, 9.17) is 17.4 Å². The number of pyridine rings is 1. The van der Waals surface area contributed by atoms with Crippen molar-refractivity contribution in [2.45, 2.75) is 6.92 Å². The zero-order valence-electron chi connectivity index (χ0n) is 6.47. The van der Waals surface area contributed by atoms with Crippen molar-refractivity contribution in [2.24, 2.45) is 5.84 Å². The van der Waals surface area contributed by atoms with Crippen LogP contribution < -0.4 is 11.3 Å². The van der Waals surface area contributed by atoms with Crippen molar-refractivity contribution in [3.8, 4) is 0 Å². The number of carbonyl (C=O) groups is 1. The second-order valence-corrected chi connectivity index (χ2v) is 2.66. The summed E-state index contributed by atoms with van der Waals surface area (Å²) in [6.45, 7) is 1.77. The molecular weight excluding hydrogens is 178 g/mol. The van der Waals surface area contributed by atoms with Gasteiger partial charge in [0.15, 0.2) is 0 Å². The van der Waals surface area contributed by atoms with E-state index in [-0.39, 0.29) is 5.91 Å². The van der Waals surface area contributed by atoms with Crippen LogP contribution in [0.2, 0.25) is 5.15 Å². The number of hydrogen-bond donors (Lipinski definition) is 2. The van der Waals surface area contributed by atoms with E-state index in [0.717, 1.165) is 5.56 Å². The summed E-state index contributed by atoms with van der Waals surface area (Å²) in [6.07, 6.45) is 1.37. The molecule has 1 heterocycles. The highest BCUT2D eigenvalue weighted by Gasteiger charge is 2.05. The highest BCUT2D eigenvalue weighted by atomic mass is 35.5. The van der Waals surface area contributed by atoms with Gasteiger partial charge in [0, 0.05) is 6.20 Å². The number of hydrogen-bond acceptors (Lipinski definition) is 3. The van der Waals surface area contributed by atoms with Gasteiger partial charge in [0.2, 0.25) is 0 Å². The van der Waals surface area contributed by atoms with Gasteiger partial charge in [-0.15, -0.1) is 0 Å². The molecule has 5 heteroatoms. The average molecular weight is 186 g/mol. The molecule has 1 amide bonds. The molecule has 0 radical (unpaired) electrons. The number of nitrogens with two attached hydrogens (primary N) is 1. The van der Waals surface area contributed by atoms with E-state index in [1.54, 1.807) is 13.0 Å². The van der Waals surface area contributed by atoms with Crippen LogP contribution in [0.5, 0.6) is 0 Å². The van der Waals surface area contributed by atoms with Crippen molar-refractivity contribution in [1.29, 1.82) is 0 Å². The number of nitrogen functional groups attached to an aromatic ring is 1. The Kier molecular flexibility index (Phi) is 2.62. The number of aryl methyl sites for hydroxylation is 1. The van der Waals surface area contributed by atoms with Crippen molar-refractivity contribution in [1.82, 2.24) is 10.4 Å². The fourth-order valence-electron chi connectivity index (χ4n) is 0.766. The van der Waals surface area contributed by atoms with E-state index < -0.39 is 0 Å². The Morgan fingerprint density at radius 2 is 2.42 bits per heavy atom. The highest BCUT2D eigenvalue weighted by Crippen LogP contribution is 2.12. The van der Waals surface area contributed by atoms with Crippen molar-refractivity contribution in [2.75, 3.05) is 0 Å². The van der Waals surface area contributed by atoms with Crippen LogP contribution in [0.3, 0.4) is 0 Å².